The van der Waals surface area contributed by atoms with Gasteiger partial charge in [-0.2, -0.15) is 0 Å². The minimum Gasteiger partial charge on any atom is -0.389 e. The van der Waals surface area contributed by atoms with Gasteiger partial charge in [0, 0.05) is 23.0 Å². The average Bonchev–Trinajstić information content (AvgIpc) is 2.15. The second-order valence-corrected chi connectivity index (χ2v) is 6.63. The fourth-order valence-corrected chi connectivity index (χ4v) is 2.61. The first-order valence-electron chi connectivity index (χ1n) is 5.90. The van der Waals surface area contributed by atoms with Gasteiger partial charge in [0.05, 0.1) is 5.60 Å². The Labute approximate surface area is 113 Å². The molecule has 17 heavy (non-hydrogen) atoms. The predicted octanol–water partition coefficient (Wildman–Crippen LogP) is 3.09. The van der Waals surface area contributed by atoms with Gasteiger partial charge in [0.15, 0.2) is 0 Å². The summed E-state index contributed by atoms with van der Waals surface area (Å²) in [5.41, 5.74) is 0.651. The molecule has 0 radical (unpaired) electrons. The van der Waals surface area contributed by atoms with Crippen molar-refractivity contribution in [1.82, 2.24) is 5.32 Å². The largest absolute Gasteiger partial charge is 0.389 e. The fraction of sp³-hybridized carbons (Fsp3) is 0.571. The quantitative estimate of drug-likeness (QED) is 0.876. The van der Waals surface area contributed by atoms with E-state index in [0.29, 0.717) is 6.54 Å². The molecule has 0 fully saturated rings. The predicted molar refractivity (Wildman–Crippen MR) is 76.3 cm³/mol. The summed E-state index contributed by atoms with van der Waals surface area (Å²) in [5.74, 6) is 0. The molecule has 0 aromatic heterocycles. The number of rotatable bonds is 5. The Bertz CT molecular complexity index is 369. The van der Waals surface area contributed by atoms with Gasteiger partial charge in [-0.25, -0.2) is 0 Å². The number of benzene rings is 1. The van der Waals surface area contributed by atoms with E-state index in [-0.39, 0.29) is 5.41 Å². The van der Waals surface area contributed by atoms with Crippen LogP contribution in [0, 0.1) is 0 Å². The van der Waals surface area contributed by atoms with Gasteiger partial charge >= 0.3 is 0 Å². The van der Waals surface area contributed by atoms with Crippen LogP contribution in [0.2, 0.25) is 0 Å². The zero-order chi connectivity index (χ0) is 13.1. The van der Waals surface area contributed by atoms with Crippen LogP contribution in [0.4, 0.5) is 0 Å². The molecule has 0 saturated heterocycles. The highest BCUT2D eigenvalue weighted by atomic mass is 79.9. The summed E-state index contributed by atoms with van der Waals surface area (Å²) in [6.07, 6.45) is 0. The number of hydrogen-bond acceptors (Lipinski definition) is 2. The van der Waals surface area contributed by atoms with E-state index >= 15 is 0 Å². The zero-order valence-electron chi connectivity index (χ0n) is 11.0. The van der Waals surface area contributed by atoms with E-state index in [0.717, 1.165) is 11.0 Å². The van der Waals surface area contributed by atoms with Gasteiger partial charge in [-0.1, -0.05) is 48.0 Å². The van der Waals surface area contributed by atoms with Crippen LogP contribution in [0.25, 0.3) is 0 Å². The molecule has 1 rings (SSSR count). The number of aliphatic hydroxyl groups is 1. The standard InChI is InChI=1S/C14H22BrNO/c1-13(2,9-16-10-14(3,4)17)11-7-5-6-8-12(11)15/h5-8,16-17H,9-10H2,1-4H3. The molecule has 0 saturated carbocycles. The second-order valence-electron chi connectivity index (χ2n) is 5.78. The molecular formula is C14H22BrNO. The summed E-state index contributed by atoms with van der Waals surface area (Å²) in [4.78, 5) is 0. The van der Waals surface area contributed by atoms with E-state index in [9.17, 15) is 5.11 Å². The maximum absolute atomic E-state index is 9.67. The molecule has 0 aliphatic heterocycles. The molecule has 0 unspecified atom stereocenters. The van der Waals surface area contributed by atoms with Crippen LogP contribution in [0.5, 0.6) is 0 Å². The lowest BCUT2D eigenvalue weighted by Gasteiger charge is -2.28. The Morgan fingerprint density at radius 2 is 1.71 bits per heavy atom. The lowest BCUT2D eigenvalue weighted by atomic mass is 9.84. The molecule has 0 heterocycles. The SMILES string of the molecule is CC(C)(O)CNCC(C)(C)c1ccccc1Br. The highest BCUT2D eigenvalue weighted by Crippen LogP contribution is 2.29. The Kier molecular flexibility index (Phi) is 4.76. The maximum atomic E-state index is 9.67. The van der Waals surface area contributed by atoms with Crippen LogP contribution in [0.1, 0.15) is 33.3 Å². The van der Waals surface area contributed by atoms with Gasteiger partial charge in [0.2, 0.25) is 0 Å². The van der Waals surface area contributed by atoms with Crippen molar-refractivity contribution >= 4 is 15.9 Å². The highest BCUT2D eigenvalue weighted by molar-refractivity contribution is 9.10. The Hall–Kier alpha value is -0.380. The summed E-state index contributed by atoms with van der Waals surface area (Å²) in [6.45, 7) is 9.45. The molecule has 2 nitrogen and oxygen atoms in total. The summed E-state index contributed by atoms with van der Waals surface area (Å²) in [7, 11) is 0. The topological polar surface area (TPSA) is 32.3 Å². The van der Waals surface area contributed by atoms with Crippen molar-refractivity contribution in [2.75, 3.05) is 13.1 Å². The number of hydrogen-bond donors (Lipinski definition) is 2. The molecule has 1 aromatic carbocycles. The van der Waals surface area contributed by atoms with E-state index in [1.165, 1.54) is 5.56 Å². The van der Waals surface area contributed by atoms with Crippen LogP contribution in [0.15, 0.2) is 28.7 Å². The maximum Gasteiger partial charge on any atom is 0.0715 e. The molecular weight excluding hydrogens is 278 g/mol. The summed E-state index contributed by atoms with van der Waals surface area (Å²) < 4.78 is 1.13. The monoisotopic (exact) mass is 299 g/mol. The molecule has 96 valence electrons. The zero-order valence-corrected chi connectivity index (χ0v) is 12.6. The molecule has 0 spiro atoms. The van der Waals surface area contributed by atoms with Crippen LogP contribution >= 0.6 is 15.9 Å². The van der Waals surface area contributed by atoms with Crippen molar-refractivity contribution < 1.29 is 5.11 Å². The molecule has 3 heteroatoms. The van der Waals surface area contributed by atoms with E-state index < -0.39 is 5.60 Å². The second kappa shape index (κ2) is 5.51. The molecule has 1 aromatic rings. The Morgan fingerprint density at radius 1 is 1.12 bits per heavy atom. The van der Waals surface area contributed by atoms with Crippen molar-refractivity contribution in [2.24, 2.45) is 0 Å². The minimum atomic E-state index is -0.663. The summed E-state index contributed by atoms with van der Waals surface area (Å²) in [6, 6.07) is 8.27. The molecule has 2 N–H and O–H groups in total. The van der Waals surface area contributed by atoms with Gasteiger partial charge in [-0.3, -0.25) is 0 Å². The normalized spacial score (nSPS) is 12.8. The van der Waals surface area contributed by atoms with Crippen LogP contribution in [-0.4, -0.2) is 23.8 Å². The Morgan fingerprint density at radius 3 is 2.24 bits per heavy atom. The minimum absolute atomic E-state index is 0.0331. The summed E-state index contributed by atoms with van der Waals surface area (Å²) >= 11 is 3.59. The van der Waals surface area contributed by atoms with Crippen molar-refractivity contribution in [3.8, 4) is 0 Å². The van der Waals surface area contributed by atoms with Crippen LogP contribution in [-0.2, 0) is 5.41 Å². The third kappa shape index (κ3) is 4.78. The van der Waals surface area contributed by atoms with Gasteiger partial charge in [0.1, 0.15) is 0 Å². The van der Waals surface area contributed by atoms with Gasteiger partial charge < -0.3 is 10.4 Å². The first-order valence-corrected chi connectivity index (χ1v) is 6.70. The lowest BCUT2D eigenvalue weighted by Crippen LogP contribution is -2.41. The van der Waals surface area contributed by atoms with Crippen molar-refractivity contribution in [1.29, 1.82) is 0 Å². The first kappa shape index (κ1) is 14.7. The first-order chi connectivity index (χ1) is 7.72. The molecule has 0 amide bonds. The fourth-order valence-electron chi connectivity index (χ4n) is 1.79. The molecule has 0 atom stereocenters. The Balaban J connectivity index is 2.66. The smallest absolute Gasteiger partial charge is 0.0715 e. The van der Waals surface area contributed by atoms with E-state index in [4.69, 9.17) is 0 Å². The summed E-state index contributed by atoms with van der Waals surface area (Å²) in [5, 5.41) is 13.0. The van der Waals surface area contributed by atoms with E-state index in [1.807, 2.05) is 19.9 Å². The molecule has 0 aliphatic carbocycles. The van der Waals surface area contributed by atoms with Crippen molar-refractivity contribution in [3.05, 3.63) is 34.3 Å². The third-order valence-corrected chi connectivity index (χ3v) is 3.42. The van der Waals surface area contributed by atoms with E-state index in [1.54, 1.807) is 0 Å². The molecule has 0 bridgehead atoms. The molecule has 0 aliphatic rings. The van der Waals surface area contributed by atoms with Gasteiger partial charge in [0.25, 0.3) is 0 Å². The van der Waals surface area contributed by atoms with Crippen LogP contribution in [0.3, 0.4) is 0 Å². The van der Waals surface area contributed by atoms with Gasteiger partial charge in [-0.05, 0) is 25.5 Å². The lowest BCUT2D eigenvalue weighted by molar-refractivity contribution is 0.0785. The van der Waals surface area contributed by atoms with E-state index in [2.05, 4.69) is 53.3 Å². The number of halogens is 1. The van der Waals surface area contributed by atoms with Crippen molar-refractivity contribution in [2.45, 2.75) is 38.7 Å². The average molecular weight is 300 g/mol. The van der Waals surface area contributed by atoms with Crippen LogP contribution < -0.4 is 5.32 Å². The highest BCUT2D eigenvalue weighted by Gasteiger charge is 2.23. The van der Waals surface area contributed by atoms with Gasteiger partial charge in [-0.15, -0.1) is 0 Å². The van der Waals surface area contributed by atoms with Crippen molar-refractivity contribution in [3.63, 3.8) is 0 Å². The third-order valence-electron chi connectivity index (χ3n) is 2.73. The number of nitrogens with one attached hydrogen (secondary N) is 1.